The van der Waals surface area contributed by atoms with Gasteiger partial charge in [0.2, 0.25) is 0 Å². The highest BCUT2D eigenvalue weighted by atomic mass is 15.1. The van der Waals surface area contributed by atoms with Crippen molar-refractivity contribution in [3.63, 3.8) is 0 Å². The molecule has 150 valence electrons. The minimum Gasteiger partial charge on any atom is -0.367 e. The number of nitrogens with one attached hydrogen (secondary N) is 3. The molecule has 6 heteroatoms. The van der Waals surface area contributed by atoms with Gasteiger partial charge in [0.05, 0.1) is 5.69 Å². The standard InChI is InChI=1S/C23H28N6/c1-2-4-18(5-3-1)27-22-13-16(6-11-26-22)21-12-17-14-24-10-8-20(17)23(29-21)28-19-7-9-25-15-19/h6,8,10-14,18-19,25H,1-5,7,9,15H2,(H,26,27)(H,28,29)/t19-/m1/s1. The van der Waals surface area contributed by atoms with E-state index in [1.54, 1.807) is 0 Å². The van der Waals surface area contributed by atoms with Crippen LogP contribution in [0.4, 0.5) is 11.6 Å². The van der Waals surface area contributed by atoms with Gasteiger partial charge >= 0.3 is 0 Å². The summed E-state index contributed by atoms with van der Waals surface area (Å²) in [6.45, 7) is 2.03. The number of hydrogen-bond acceptors (Lipinski definition) is 6. The molecule has 0 unspecified atom stereocenters. The van der Waals surface area contributed by atoms with Gasteiger partial charge in [-0.05, 0) is 50.1 Å². The van der Waals surface area contributed by atoms with Crippen molar-refractivity contribution in [1.29, 1.82) is 0 Å². The van der Waals surface area contributed by atoms with Crippen LogP contribution >= 0.6 is 0 Å². The molecule has 3 aromatic rings. The van der Waals surface area contributed by atoms with Gasteiger partial charge in [-0.1, -0.05) is 19.3 Å². The van der Waals surface area contributed by atoms with Gasteiger partial charge in [0.15, 0.2) is 0 Å². The predicted octanol–water partition coefficient (Wildman–Crippen LogP) is 4.21. The highest BCUT2D eigenvalue weighted by Gasteiger charge is 2.17. The van der Waals surface area contributed by atoms with E-state index in [-0.39, 0.29) is 0 Å². The largest absolute Gasteiger partial charge is 0.367 e. The molecule has 29 heavy (non-hydrogen) atoms. The summed E-state index contributed by atoms with van der Waals surface area (Å²) in [6.07, 6.45) is 13.2. The number of fused-ring (bicyclic) bond motifs is 1. The Morgan fingerprint density at radius 3 is 2.72 bits per heavy atom. The van der Waals surface area contributed by atoms with Crippen LogP contribution in [-0.4, -0.2) is 40.1 Å². The second kappa shape index (κ2) is 8.33. The van der Waals surface area contributed by atoms with Crippen LogP contribution < -0.4 is 16.0 Å². The fourth-order valence-corrected chi connectivity index (χ4v) is 4.45. The van der Waals surface area contributed by atoms with E-state index in [9.17, 15) is 0 Å². The smallest absolute Gasteiger partial charge is 0.134 e. The Balaban J connectivity index is 1.46. The highest BCUT2D eigenvalue weighted by Crippen LogP contribution is 2.29. The van der Waals surface area contributed by atoms with Gasteiger partial charge in [-0.3, -0.25) is 4.98 Å². The molecule has 3 N–H and O–H groups in total. The Hall–Kier alpha value is -2.73. The fourth-order valence-electron chi connectivity index (χ4n) is 4.45. The van der Waals surface area contributed by atoms with E-state index in [1.165, 1.54) is 32.1 Å². The van der Waals surface area contributed by atoms with E-state index in [0.717, 1.165) is 53.2 Å². The molecular weight excluding hydrogens is 360 g/mol. The number of pyridine rings is 3. The molecule has 0 radical (unpaired) electrons. The van der Waals surface area contributed by atoms with Crippen LogP contribution in [-0.2, 0) is 0 Å². The van der Waals surface area contributed by atoms with E-state index in [0.29, 0.717) is 12.1 Å². The maximum atomic E-state index is 5.00. The van der Waals surface area contributed by atoms with E-state index in [2.05, 4.69) is 38.1 Å². The third-order valence-electron chi connectivity index (χ3n) is 6.05. The fraction of sp³-hybridized carbons (Fsp3) is 0.435. The van der Waals surface area contributed by atoms with Crippen molar-refractivity contribution < 1.29 is 0 Å². The summed E-state index contributed by atoms with van der Waals surface area (Å²) in [5, 5.41) is 12.9. The van der Waals surface area contributed by atoms with E-state index in [4.69, 9.17) is 4.98 Å². The van der Waals surface area contributed by atoms with Crippen LogP contribution in [0.15, 0.2) is 42.9 Å². The first-order valence-corrected chi connectivity index (χ1v) is 10.8. The predicted molar refractivity (Wildman–Crippen MR) is 118 cm³/mol. The molecule has 0 bridgehead atoms. The van der Waals surface area contributed by atoms with Crippen molar-refractivity contribution >= 4 is 22.4 Å². The Labute approximate surface area is 171 Å². The molecule has 5 rings (SSSR count). The van der Waals surface area contributed by atoms with Crippen LogP contribution in [0.1, 0.15) is 38.5 Å². The van der Waals surface area contributed by atoms with Crippen molar-refractivity contribution in [3.8, 4) is 11.3 Å². The van der Waals surface area contributed by atoms with Crippen molar-refractivity contribution in [3.05, 3.63) is 42.9 Å². The third-order valence-corrected chi connectivity index (χ3v) is 6.05. The lowest BCUT2D eigenvalue weighted by Gasteiger charge is -2.23. The number of nitrogens with zero attached hydrogens (tertiary/aromatic N) is 3. The first kappa shape index (κ1) is 18.3. The summed E-state index contributed by atoms with van der Waals surface area (Å²) in [6, 6.07) is 9.28. The topological polar surface area (TPSA) is 74.8 Å². The second-order valence-corrected chi connectivity index (χ2v) is 8.20. The molecule has 3 aromatic heterocycles. The minimum atomic E-state index is 0.412. The molecule has 4 heterocycles. The van der Waals surface area contributed by atoms with E-state index < -0.39 is 0 Å². The normalized spacial score (nSPS) is 20.1. The zero-order chi connectivity index (χ0) is 19.5. The summed E-state index contributed by atoms with van der Waals surface area (Å²) in [5.74, 6) is 1.88. The van der Waals surface area contributed by atoms with Crippen molar-refractivity contribution in [2.45, 2.75) is 50.6 Å². The molecule has 1 atom stereocenters. The molecule has 6 nitrogen and oxygen atoms in total. The van der Waals surface area contributed by atoms with Crippen LogP contribution in [0.2, 0.25) is 0 Å². The Kier molecular flexibility index (Phi) is 5.26. The lowest BCUT2D eigenvalue weighted by molar-refractivity contribution is 0.462. The zero-order valence-electron chi connectivity index (χ0n) is 16.7. The molecule has 1 saturated carbocycles. The van der Waals surface area contributed by atoms with Crippen LogP contribution in [0.5, 0.6) is 0 Å². The molecule has 1 aliphatic heterocycles. The van der Waals surface area contributed by atoms with Gasteiger partial charge in [0.25, 0.3) is 0 Å². The molecule has 0 amide bonds. The molecule has 2 fully saturated rings. The number of aromatic nitrogens is 3. The second-order valence-electron chi connectivity index (χ2n) is 8.20. The molecule has 1 saturated heterocycles. The Morgan fingerprint density at radius 1 is 0.931 bits per heavy atom. The van der Waals surface area contributed by atoms with Gasteiger partial charge in [0.1, 0.15) is 11.6 Å². The van der Waals surface area contributed by atoms with Crippen LogP contribution in [0, 0.1) is 0 Å². The maximum Gasteiger partial charge on any atom is 0.134 e. The summed E-state index contributed by atoms with van der Waals surface area (Å²) >= 11 is 0. The van der Waals surface area contributed by atoms with E-state index >= 15 is 0 Å². The van der Waals surface area contributed by atoms with Crippen molar-refractivity contribution in [1.82, 2.24) is 20.3 Å². The van der Waals surface area contributed by atoms with Crippen molar-refractivity contribution in [2.75, 3.05) is 23.7 Å². The number of anilines is 2. The summed E-state index contributed by atoms with van der Waals surface area (Å²) < 4.78 is 0. The van der Waals surface area contributed by atoms with Gasteiger partial charge in [-0.25, -0.2) is 9.97 Å². The molecule has 2 aliphatic rings. The first-order valence-electron chi connectivity index (χ1n) is 10.8. The summed E-state index contributed by atoms with van der Waals surface area (Å²) in [7, 11) is 0. The average molecular weight is 389 g/mol. The quantitative estimate of drug-likeness (QED) is 0.608. The maximum absolute atomic E-state index is 5.00. The Bertz CT molecular complexity index is 976. The van der Waals surface area contributed by atoms with Crippen LogP contribution in [0.25, 0.3) is 22.0 Å². The average Bonchev–Trinajstić information content (AvgIpc) is 3.28. The Morgan fingerprint density at radius 2 is 1.86 bits per heavy atom. The lowest BCUT2D eigenvalue weighted by atomic mass is 9.95. The summed E-state index contributed by atoms with van der Waals surface area (Å²) in [4.78, 5) is 13.9. The number of hydrogen-bond donors (Lipinski definition) is 3. The van der Waals surface area contributed by atoms with Crippen molar-refractivity contribution in [2.24, 2.45) is 0 Å². The van der Waals surface area contributed by atoms with Gasteiger partial charge in [-0.15, -0.1) is 0 Å². The molecular formula is C23H28N6. The monoisotopic (exact) mass is 388 g/mol. The summed E-state index contributed by atoms with van der Waals surface area (Å²) in [5.41, 5.74) is 2.03. The zero-order valence-corrected chi connectivity index (χ0v) is 16.7. The third kappa shape index (κ3) is 4.17. The molecule has 0 aromatic carbocycles. The van der Waals surface area contributed by atoms with E-state index in [1.807, 2.05) is 30.7 Å². The SMILES string of the molecule is c1cc2c(N[C@@H]3CCNC3)nc(-c3ccnc(NC4CCCCC4)c3)cc2cn1. The van der Waals surface area contributed by atoms with Crippen LogP contribution in [0.3, 0.4) is 0 Å². The van der Waals surface area contributed by atoms with Gasteiger partial charge in [-0.2, -0.15) is 0 Å². The first-order chi connectivity index (χ1) is 14.3. The number of rotatable bonds is 5. The lowest BCUT2D eigenvalue weighted by Crippen LogP contribution is -2.23. The highest BCUT2D eigenvalue weighted by molar-refractivity contribution is 5.94. The van der Waals surface area contributed by atoms with Gasteiger partial charge < -0.3 is 16.0 Å². The van der Waals surface area contributed by atoms with Gasteiger partial charge in [0, 0.05) is 53.6 Å². The molecule has 1 aliphatic carbocycles. The minimum absolute atomic E-state index is 0.412. The molecule has 0 spiro atoms.